The van der Waals surface area contributed by atoms with Gasteiger partial charge in [0.2, 0.25) is 5.91 Å². The van der Waals surface area contributed by atoms with Crippen LogP contribution in [0.1, 0.15) is 22.3 Å². The van der Waals surface area contributed by atoms with Gasteiger partial charge in [0.15, 0.2) is 0 Å². The first-order valence-corrected chi connectivity index (χ1v) is 5.19. The van der Waals surface area contributed by atoms with Crippen LogP contribution in [0.25, 0.3) is 10.9 Å². The molecule has 1 amide bonds. The number of hydrogen-bond donors (Lipinski definition) is 3. The van der Waals surface area contributed by atoms with E-state index in [4.69, 9.17) is 10.8 Å². The lowest BCUT2D eigenvalue weighted by Crippen LogP contribution is -2.08. The molecular formula is C13H10N2O3. The minimum atomic E-state index is -0.997. The second-order valence-electron chi connectivity index (χ2n) is 3.71. The lowest BCUT2D eigenvalue weighted by molar-refractivity contribution is -0.117. The molecule has 0 bridgehead atoms. The molecule has 2 aromatic rings. The molecule has 0 saturated heterocycles. The maximum absolute atomic E-state index is 11.0. The van der Waals surface area contributed by atoms with Crippen LogP contribution in [-0.2, 0) is 4.79 Å². The van der Waals surface area contributed by atoms with Crippen LogP contribution < -0.4 is 5.73 Å². The van der Waals surface area contributed by atoms with Crippen LogP contribution in [0.5, 0.6) is 0 Å². The number of aromatic amines is 1. The van der Waals surface area contributed by atoms with Crippen molar-refractivity contribution in [1.29, 1.82) is 0 Å². The van der Waals surface area contributed by atoms with E-state index in [9.17, 15) is 9.59 Å². The molecule has 1 aromatic carbocycles. The van der Waals surface area contributed by atoms with Gasteiger partial charge in [0.05, 0.1) is 12.0 Å². The lowest BCUT2D eigenvalue weighted by Gasteiger charge is -1.94. The monoisotopic (exact) mass is 242 g/mol. The molecule has 0 radical (unpaired) electrons. The van der Waals surface area contributed by atoms with E-state index in [1.165, 1.54) is 6.20 Å². The summed E-state index contributed by atoms with van der Waals surface area (Å²) < 4.78 is 0. The smallest absolute Gasteiger partial charge is 0.337 e. The Balaban J connectivity index is 2.41. The molecule has 1 heterocycles. The van der Waals surface area contributed by atoms with Gasteiger partial charge in [0, 0.05) is 22.7 Å². The number of fused-ring (bicyclic) bond motifs is 1. The minimum Gasteiger partial charge on any atom is -0.478 e. The Morgan fingerprint density at radius 1 is 1.39 bits per heavy atom. The molecule has 18 heavy (non-hydrogen) atoms. The highest BCUT2D eigenvalue weighted by Gasteiger charge is 2.10. The normalized spacial score (nSPS) is 9.78. The lowest BCUT2D eigenvalue weighted by atomic mass is 10.1. The average molecular weight is 242 g/mol. The second kappa shape index (κ2) is 4.63. The van der Waals surface area contributed by atoms with Gasteiger partial charge in [-0.1, -0.05) is 11.8 Å². The molecule has 0 aliphatic heterocycles. The van der Waals surface area contributed by atoms with E-state index in [1.807, 2.05) is 0 Å². The van der Waals surface area contributed by atoms with Crippen molar-refractivity contribution in [3.63, 3.8) is 0 Å². The van der Waals surface area contributed by atoms with E-state index >= 15 is 0 Å². The molecule has 90 valence electrons. The van der Waals surface area contributed by atoms with Crippen molar-refractivity contribution < 1.29 is 14.7 Å². The number of amides is 1. The number of nitrogens with two attached hydrogens (primary N) is 1. The maximum Gasteiger partial charge on any atom is 0.337 e. The summed E-state index contributed by atoms with van der Waals surface area (Å²) in [5, 5.41) is 9.59. The number of aromatic nitrogens is 1. The maximum atomic E-state index is 11.0. The van der Waals surface area contributed by atoms with E-state index in [1.54, 1.807) is 18.2 Å². The zero-order valence-electron chi connectivity index (χ0n) is 9.36. The number of hydrogen-bond acceptors (Lipinski definition) is 2. The number of rotatable bonds is 2. The summed E-state index contributed by atoms with van der Waals surface area (Å²) >= 11 is 0. The van der Waals surface area contributed by atoms with E-state index in [0.717, 1.165) is 5.52 Å². The van der Waals surface area contributed by atoms with Gasteiger partial charge in [-0.2, -0.15) is 0 Å². The quantitative estimate of drug-likeness (QED) is 0.688. The van der Waals surface area contributed by atoms with Crippen molar-refractivity contribution >= 4 is 22.8 Å². The predicted molar refractivity (Wildman–Crippen MR) is 65.9 cm³/mol. The summed E-state index contributed by atoms with van der Waals surface area (Å²) in [5.41, 5.74) is 6.54. The Morgan fingerprint density at radius 2 is 2.17 bits per heavy atom. The van der Waals surface area contributed by atoms with Crippen LogP contribution in [0, 0.1) is 11.8 Å². The summed E-state index contributed by atoms with van der Waals surface area (Å²) in [6, 6.07) is 5.16. The van der Waals surface area contributed by atoms with Crippen LogP contribution in [-0.4, -0.2) is 22.0 Å². The Morgan fingerprint density at radius 3 is 2.83 bits per heavy atom. The number of benzene rings is 1. The third-order valence-electron chi connectivity index (χ3n) is 2.41. The van der Waals surface area contributed by atoms with Crippen molar-refractivity contribution in [2.24, 2.45) is 5.73 Å². The number of carboxylic acid groups (broad SMARTS) is 1. The molecular weight excluding hydrogens is 232 g/mol. The van der Waals surface area contributed by atoms with Crippen LogP contribution in [0.2, 0.25) is 0 Å². The Bertz CT molecular complexity index is 689. The summed E-state index contributed by atoms with van der Waals surface area (Å²) in [5.74, 6) is 3.90. The first-order chi connectivity index (χ1) is 8.58. The molecule has 4 N–H and O–H groups in total. The summed E-state index contributed by atoms with van der Waals surface area (Å²) in [4.78, 5) is 24.4. The molecule has 0 atom stereocenters. The molecule has 0 spiro atoms. The SMILES string of the molecule is NC(=O)CC#Cc1ccc2[nH]cc(C(=O)O)c2c1. The van der Waals surface area contributed by atoms with E-state index in [2.05, 4.69) is 16.8 Å². The number of carbonyl (C=O) groups excluding carboxylic acids is 1. The molecule has 5 nitrogen and oxygen atoms in total. The summed E-state index contributed by atoms with van der Waals surface area (Å²) in [6.07, 6.45) is 1.42. The van der Waals surface area contributed by atoms with Crippen LogP contribution >= 0.6 is 0 Å². The number of primary amides is 1. The molecule has 0 saturated carbocycles. The third kappa shape index (κ3) is 2.33. The van der Waals surface area contributed by atoms with Gasteiger partial charge in [-0.15, -0.1) is 0 Å². The fraction of sp³-hybridized carbons (Fsp3) is 0.0769. The highest BCUT2D eigenvalue weighted by Crippen LogP contribution is 2.19. The Labute approximate surface area is 103 Å². The summed E-state index contributed by atoms with van der Waals surface area (Å²) in [7, 11) is 0. The van der Waals surface area contributed by atoms with Gasteiger partial charge in [-0.25, -0.2) is 4.79 Å². The van der Waals surface area contributed by atoms with Crippen LogP contribution in [0.15, 0.2) is 24.4 Å². The van der Waals surface area contributed by atoms with Crippen LogP contribution in [0.3, 0.4) is 0 Å². The van der Waals surface area contributed by atoms with Gasteiger partial charge < -0.3 is 15.8 Å². The van der Waals surface area contributed by atoms with Gasteiger partial charge in [0.1, 0.15) is 0 Å². The van der Waals surface area contributed by atoms with Crippen molar-refractivity contribution in [3.8, 4) is 11.8 Å². The van der Waals surface area contributed by atoms with Crippen LogP contribution in [0.4, 0.5) is 0 Å². The molecule has 1 aromatic heterocycles. The molecule has 5 heteroatoms. The fourth-order valence-corrected chi connectivity index (χ4v) is 1.61. The highest BCUT2D eigenvalue weighted by atomic mass is 16.4. The Kier molecular flexibility index (Phi) is 3.02. The fourth-order valence-electron chi connectivity index (χ4n) is 1.61. The molecule has 0 aliphatic rings. The zero-order valence-corrected chi connectivity index (χ0v) is 9.36. The van der Waals surface area contributed by atoms with E-state index in [0.29, 0.717) is 10.9 Å². The highest BCUT2D eigenvalue weighted by molar-refractivity contribution is 6.03. The van der Waals surface area contributed by atoms with Gasteiger partial charge in [-0.3, -0.25) is 4.79 Å². The second-order valence-corrected chi connectivity index (χ2v) is 3.71. The number of nitrogens with one attached hydrogen (secondary N) is 1. The molecule has 0 aliphatic carbocycles. The van der Waals surface area contributed by atoms with Crippen molar-refractivity contribution in [1.82, 2.24) is 4.98 Å². The standard InChI is InChI=1S/C13H10N2O3/c14-12(16)3-1-2-8-4-5-11-9(6-8)10(7-15-11)13(17)18/h4-7,15H,3H2,(H2,14,16)(H,17,18). The van der Waals surface area contributed by atoms with Gasteiger partial charge >= 0.3 is 5.97 Å². The zero-order chi connectivity index (χ0) is 13.1. The molecule has 0 fully saturated rings. The van der Waals surface area contributed by atoms with Crippen molar-refractivity contribution in [3.05, 3.63) is 35.5 Å². The number of carbonyl (C=O) groups is 2. The topological polar surface area (TPSA) is 96.2 Å². The van der Waals surface area contributed by atoms with Gasteiger partial charge in [-0.05, 0) is 18.2 Å². The van der Waals surface area contributed by atoms with Gasteiger partial charge in [0.25, 0.3) is 0 Å². The molecule has 0 unspecified atom stereocenters. The number of H-pyrrole nitrogens is 1. The van der Waals surface area contributed by atoms with E-state index in [-0.39, 0.29) is 12.0 Å². The number of aromatic carboxylic acids is 1. The third-order valence-corrected chi connectivity index (χ3v) is 2.41. The first kappa shape index (κ1) is 11.7. The summed E-state index contributed by atoms with van der Waals surface area (Å²) in [6.45, 7) is 0. The Hall–Kier alpha value is -2.74. The van der Waals surface area contributed by atoms with Crippen molar-refractivity contribution in [2.75, 3.05) is 0 Å². The van der Waals surface area contributed by atoms with Crippen molar-refractivity contribution in [2.45, 2.75) is 6.42 Å². The number of carboxylic acids is 1. The first-order valence-electron chi connectivity index (χ1n) is 5.19. The minimum absolute atomic E-state index is 0.0169. The predicted octanol–water partition coefficient (Wildman–Crippen LogP) is 1.09. The molecule has 2 rings (SSSR count). The largest absolute Gasteiger partial charge is 0.478 e. The average Bonchev–Trinajstić information content (AvgIpc) is 2.71. The van der Waals surface area contributed by atoms with E-state index < -0.39 is 11.9 Å².